The fourth-order valence-electron chi connectivity index (χ4n) is 2.98. The Kier molecular flexibility index (Phi) is 2.85. The molecule has 0 bridgehead atoms. The van der Waals surface area contributed by atoms with Crippen molar-refractivity contribution in [2.75, 3.05) is 0 Å². The van der Waals surface area contributed by atoms with Gasteiger partial charge in [-0.3, -0.25) is 0 Å². The zero-order chi connectivity index (χ0) is 10.2. The van der Waals surface area contributed by atoms with Gasteiger partial charge in [-0.15, -0.1) is 0 Å². The van der Waals surface area contributed by atoms with Gasteiger partial charge in [0, 0.05) is 0 Å². The molecule has 2 nitrogen and oxygen atoms in total. The van der Waals surface area contributed by atoms with Crippen molar-refractivity contribution in [3.8, 4) is 0 Å². The lowest BCUT2D eigenvalue weighted by molar-refractivity contribution is -0.0592. The second-order valence-electron chi connectivity index (χ2n) is 5.22. The molecule has 0 heterocycles. The first-order valence-electron chi connectivity index (χ1n) is 5.98. The van der Waals surface area contributed by atoms with Crippen LogP contribution in [-0.2, 0) is 4.74 Å². The molecule has 2 saturated carbocycles. The van der Waals surface area contributed by atoms with Gasteiger partial charge in [-0.1, -0.05) is 12.8 Å². The summed E-state index contributed by atoms with van der Waals surface area (Å²) in [6.45, 7) is 3.92. The molecule has 0 aromatic heterocycles. The number of rotatable bonds is 4. The Morgan fingerprint density at radius 1 is 1.43 bits per heavy atom. The summed E-state index contributed by atoms with van der Waals surface area (Å²) in [6.07, 6.45) is 7.37. The lowest BCUT2D eigenvalue weighted by atomic mass is 9.97. The number of hydrogen-bond acceptors (Lipinski definition) is 2. The van der Waals surface area contributed by atoms with Crippen LogP contribution in [0.3, 0.4) is 0 Å². The molecule has 1 N–H and O–H groups in total. The molecule has 0 saturated heterocycles. The highest BCUT2D eigenvalue weighted by Gasteiger charge is 2.56. The molecule has 2 heteroatoms. The predicted octanol–water partition coefficient (Wildman–Crippen LogP) is 2.50. The van der Waals surface area contributed by atoms with Crippen molar-refractivity contribution in [3.63, 3.8) is 0 Å². The van der Waals surface area contributed by atoms with E-state index in [1.54, 1.807) is 0 Å². The quantitative estimate of drug-likeness (QED) is 0.752. The lowest BCUT2D eigenvalue weighted by Gasteiger charge is -2.27. The molecule has 4 atom stereocenters. The van der Waals surface area contributed by atoms with E-state index < -0.39 is 0 Å². The number of hydrogen-bond donors (Lipinski definition) is 1. The Hall–Kier alpha value is -0.0800. The Labute approximate surface area is 86.6 Å². The molecule has 0 unspecified atom stereocenters. The number of fused-ring (bicyclic) bond motifs is 1. The molecule has 82 valence electrons. The normalized spacial score (nSPS) is 40.1. The average molecular weight is 198 g/mol. The van der Waals surface area contributed by atoms with Crippen molar-refractivity contribution in [1.82, 2.24) is 0 Å². The van der Waals surface area contributed by atoms with Gasteiger partial charge >= 0.3 is 0 Å². The largest absolute Gasteiger partial charge is 0.393 e. The highest BCUT2D eigenvalue weighted by molar-refractivity contribution is 5.07. The van der Waals surface area contributed by atoms with E-state index in [-0.39, 0.29) is 17.8 Å². The predicted molar refractivity (Wildman–Crippen MR) is 56.2 cm³/mol. The van der Waals surface area contributed by atoms with E-state index >= 15 is 0 Å². The first kappa shape index (κ1) is 10.4. The highest BCUT2D eigenvalue weighted by Crippen LogP contribution is 2.56. The summed E-state index contributed by atoms with van der Waals surface area (Å²) in [5, 5.41) is 9.27. The van der Waals surface area contributed by atoms with Gasteiger partial charge in [0.25, 0.3) is 0 Å². The fourth-order valence-corrected chi connectivity index (χ4v) is 2.98. The van der Waals surface area contributed by atoms with Crippen LogP contribution in [0.4, 0.5) is 0 Å². The summed E-state index contributed by atoms with van der Waals surface area (Å²) >= 11 is 0. The minimum absolute atomic E-state index is 0.220. The van der Waals surface area contributed by atoms with Crippen LogP contribution in [0.5, 0.6) is 0 Å². The maximum atomic E-state index is 9.27. The molecule has 2 aliphatic rings. The van der Waals surface area contributed by atoms with E-state index in [0.29, 0.717) is 0 Å². The topological polar surface area (TPSA) is 29.5 Å². The Balaban J connectivity index is 1.80. The zero-order valence-electron chi connectivity index (χ0n) is 9.33. The van der Waals surface area contributed by atoms with Crippen LogP contribution in [0, 0.1) is 5.92 Å². The third kappa shape index (κ3) is 2.12. The summed E-state index contributed by atoms with van der Waals surface area (Å²) in [5.41, 5.74) is 0.243. The van der Waals surface area contributed by atoms with Gasteiger partial charge < -0.3 is 9.84 Å². The van der Waals surface area contributed by atoms with E-state index in [1.165, 1.54) is 32.1 Å². The van der Waals surface area contributed by atoms with Crippen LogP contribution in [0.15, 0.2) is 0 Å². The van der Waals surface area contributed by atoms with Gasteiger partial charge in [-0.25, -0.2) is 0 Å². The lowest BCUT2D eigenvalue weighted by Crippen LogP contribution is -2.27. The molecule has 0 aliphatic heterocycles. The maximum absolute atomic E-state index is 9.27. The number of ether oxygens (including phenoxy) is 1. The zero-order valence-corrected chi connectivity index (χ0v) is 9.33. The van der Waals surface area contributed by atoms with Crippen molar-refractivity contribution in [2.45, 2.75) is 70.2 Å². The van der Waals surface area contributed by atoms with Crippen LogP contribution >= 0.6 is 0 Å². The van der Waals surface area contributed by atoms with Gasteiger partial charge in [0.2, 0.25) is 0 Å². The van der Waals surface area contributed by atoms with E-state index in [0.717, 1.165) is 12.3 Å². The Morgan fingerprint density at radius 3 is 2.86 bits per heavy atom. The monoisotopic (exact) mass is 198 g/mol. The molecular weight excluding hydrogens is 176 g/mol. The summed E-state index contributed by atoms with van der Waals surface area (Å²) in [7, 11) is 0. The fraction of sp³-hybridized carbons (Fsp3) is 1.00. The first-order chi connectivity index (χ1) is 6.62. The van der Waals surface area contributed by atoms with Crippen LogP contribution in [0.25, 0.3) is 0 Å². The van der Waals surface area contributed by atoms with Crippen LogP contribution in [0.2, 0.25) is 0 Å². The van der Waals surface area contributed by atoms with Gasteiger partial charge in [-0.05, 0) is 45.4 Å². The first-order valence-corrected chi connectivity index (χ1v) is 5.98. The van der Waals surface area contributed by atoms with Crippen molar-refractivity contribution in [1.29, 1.82) is 0 Å². The minimum Gasteiger partial charge on any atom is -0.393 e. The van der Waals surface area contributed by atoms with Gasteiger partial charge in [0.15, 0.2) is 0 Å². The second kappa shape index (κ2) is 3.82. The Bertz CT molecular complexity index is 202. The van der Waals surface area contributed by atoms with Gasteiger partial charge in [-0.2, -0.15) is 0 Å². The van der Waals surface area contributed by atoms with Crippen LogP contribution < -0.4 is 0 Å². The van der Waals surface area contributed by atoms with Gasteiger partial charge in [0.1, 0.15) is 0 Å². The Morgan fingerprint density at radius 2 is 2.21 bits per heavy atom. The van der Waals surface area contributed by atoms with E-state index in [2.05, 4.69) is 6.92 Å². The third-order valence-corrected chi connectivity index (χ3v) is 3.69. The van der Waals surface area contributed by atoms with Crippen molar-refractivity contribution < 1.29 is 9.84 Å². The molecule has 0 aromatic rings. The van der Waals surface area contributed by atoms with E-state index in [1.807, 2.05) is 6.92 Å². The standard InChI is InChI=1S/C12H22O2/c1-9(13)7-10(2)14-12-6-4-3-5-11(12)8-12/h9-11,13H,3-8H2,1-2H3/t9-,10-,11-,12-/m1/s1. The second-order valence-corrected chi connectivity index (χ2v) is 5.22. The molecule has 2 rings (SSSR count). The van der Waals surface area contributed by atoms with Crippen molar-refractivity contribution in [3.05, 3.63) is 0 Å². The van der Waals surface area contributed by atoms with Crippen LogP contribution in [-0.4, -0.2) is 22.9 Å². The average Bonchev–Trinajstić information content (AvgIpc) is 2.75. The smallest absolute Gasteiger partial charge is 0.0719 e. The summed E-state index contributed by atoms with van der Waals surface area (Å²) in [6, 6.07) is 0. The number of aliphatic hydroxyl groups is 1. The molecular formula is C12H22O2. The highest BCUT2D eigenvalue weighted by atomic mass is 16.5. The summed E-state index contributed by atoms with van der Waals surface area (Å²) in [5.74, 6) is 0.840. The molecule has 0 radical (unpaired) electrons. The summed E-state index contributed by atoms with van der Waals surface area (Å²) in [4.78, 5) is 0. The molecule has 2 fully saturated rings. The molecule has 14 heavy (non-hydrogen) atoms. The van der Waals surface area contributed by atoms with Crippen molar-refractivity contribution in [2.24, 2.45) is 5.92 Å². The maximum Gasteiger partial charge on any atom is 0.0719 e. The number of aliphatic hydroxyl groups excluding tert-OH is 1. The van der Waals surface area contributed by atoms with E-state index in [4.69, 9.17) is 4.74 Å². The molecule has 0 spiro atoms. The molecule has 0 aromatic carbocycles. The summed E-state index contributed by atoms with van der Waals surface area (Å²) < 4.78 is 6.10. The van der Waals surface area contributed by atoms with Crippen LogP contribution in [0.1, 0.15) is 52.4 Å². The molecule has 0 amide bonds. The van der Waals surface area contributed by atoms with E-state index in [9.17, 15) is 5.11 Å². The third-order valence-electron chi connectivity index (χ3n) is 3.69. The molecule has 2 aliphatic carbocycles. The minimum atomic E-state index is -0.234. The van der Waals surface area contributed by atoms with Gasteiger partial charge in [0.05, 0.1) is 17.8 Å². The van der Waals surface area contributed by atoms with Crippen molar-refractivity contribution >= 4 is 0 Å². The SMILES string of the molecule is C[C@H](C[C@@H](C)O)O[C@@]12CCCC[C@@H]1C2.